The van der Waals surface area contributed by atoms with Gasteiger partial charge in [-0.15, -0.1) is 11.8 Å². The second-order valence-electron chi connectivity index (χ2n) is 3.59. The molecule has 2 atom stereocenters. The number of carbonyl (C=O) groups is 1. The van der Waals surface area contributed by atoms with Gasteiger partial charge in [0.1, 0.15) is 0 Å². The van der Waals surface area contributed by atoms with Crippen LogP contribution in [0, 0.1) is 0 Å². The number of nitrogens with one attached hydrogen (secondary N) is 2. The molecule has 1 amide bonds. The van der Waals surface area contributed by atoms with Crippen molar-refractivity contribution in [3.63, 3.8) is 0 Å². The molecule has 0 bridgehead atoms. The van der Waals surface area contributed by atoms with Crippen LogP contribution in [0.25, 0.3) is 0 Å². The summed E-state index contributed by atoms with van der Waals surface area (Å²) >= 11 is 3.25. The molecule has 1 saturated heterocycles. The lowest BCUT2D eigenvalue weighted by molar-refractivity contribution is -0.122. The van der Waals surface area contributed by atoms with Crippen LogP contribution in [-0.4, -0.2) is 35.2 Å². The topological polar surface area (TPSA) is 61.4 Å². The molecule has 0 spiro atoms. The molecule has 1 aromatic rings. The van der Waals surface area contributed by atoms with E-state index in [2.05, 4.69) is 10.6 Å². The summed E-state index contributed by atoms with van der Waals surface area (Å²) < 4.78 is 0. The molecule has 0 aliphatic carbocycles. The zero-order chi connectivity index (χ0) is 11.4. The van der Waals surface area contributed by atoms with Gasteiger partial charge in [0.25, 0.3) is 0 Å². The van der Waals surface area contributed by atoms with Crippen molar-refractivity contribution < 1.29 is 9.90 Å². The van der Waals surface area contributed by atoms with Crippen LogP contribution in [-0.2, 0) is 4.79 Å². The minimum absolute atomic E-state index is 0.0284. The van der Waals surface area contributed by atoms with Crippen LogP contribution >= 0.6 is 23.1 Å². The van der Waals surface area contributed by atoms with Crippen LogP contribution in [0.3, 0.4) is 0 Å². The molecule has 2 heterocycles. The first-order valence-corrected chi connectivity index (χ1v) is 7.16. The van der Waals surface area contributed by atoms with Gasteiger partial charge in [-0.2, -0.15) is 11.3 Å². The summed E-state index contributed by atoms with van der Waals surface area (Å²) in [6.45, 7) is 0.276. The van der Waals surface area contributed by atoms with Gasteiger partial charge in [0, 0.05) is 18.2 Å². The fourth-order valence-electron chi connectivity index (χ4n) is 1.47. The molecule has 0 radical (unpaired) electrons. The molecular formula is C10H14N2O2S2. The Morgan fingerprint density at radius 1 is 1.75 bits per heavy atom. The van der Waals surface area contributed by atoms with E-state index in [1.54, 1.807) is 11.8 Å². The van der Waals surface area contributed by atoms with Gasteiger partial charge in [0.05, 0.1) is 12.1 Å². The predicted octanol–water partition coefficient (Wildman–Crippen LogP) is 0.560. The maximum Gasteiger partial charge on any atom is 0.238 e. The zero-order valence-electron chi connectivity index (χ0n) is 8.68. The fraction of sp³-hybridized carbons (Fsp3) is 0.500. The third-order valence-electron chi connectivity index (χ3n) is 2.43. The smallest absolute Gasteiger partial charge is 0.238 e. The molecule has 88 valence electrons. The van der Waals surface area contributed by atoms with Gasteiger partial charge in [0.2, 0.25) is 5.91 Å². The van der Waals surface area contributed by atoms with Gasteiger partial charge < -0.3 is 10.4 Å². The van der Waals surface area contributed by atoms with Crippen LogP contribution in [0.4, 0.5) is 0 Å². The van der Waals surface area contributed by atoms with Gasteiger partial charge in [-0.25, -0.2) is 0 Å². The summed E-state index contributed by atoms with van der Waals surface area (Å²) in [6, 6.07) is 1.75. The Morgan fingerprint density at radius 2 is 2.62 bits per heavy atom. The molecule has 1 aromatic heterocycles. The maximum absolute atomic E-state index is 11.6. The highest BCUT2D eigenvalue weighted by Crippen LogP contribution is 2.15. The van der Waals surface area contributed by atoms with E-state index < -0.39 is 6.10 Å². The summed E-state index contributed by atoms with van der Waals surface area (Å²) in [7, 11) is 0. The molecule has 4 nitrogen and oxygen atoms in total. The highest BCUT2D eigenvalue weighted by Gasteiger charge is 2.22. The zero-order valence-corrected chi connectivity index (χ0v) is 10.3. The molecule has 1 unspecified atom stereocenters. The summed E-state index contributed by atoms with van der Waals surface area (Å²) in [5, 5.41) is 19.4. The first-order chi connectivity index (χ1) is 7.77. The maximum atomic E-state index is 11.6. The Balaban J connectivity index is 1.76. The highest BCUT2D eigenvalue weighted by atomic mass is 32.2. The minimum atomic E-state index is -0.607. The minimum Gasteiger partial charge on any atom is -0.387 e. The number of hydrogen-bond acceptors (Lipinski definition) is 5. The highest BCUT2D eigenvalue weighted by molar-refractivity contribution is 7.99. The lowest BCUT2D eigenvalue weighted by atomic mass is 10.2. The van der Waals surface area contributed by atoms with E-state index in [0.29, 0.717) is 0 Å². The van der Waals surface area contributed by atoms with Crippen molar-refractivity contribution in [2.24, 2.45) is 0 Å². The first kappa shape index (κ1) is 11.9. The van der Waals surface area contributed by atoms with Crippen LogP contribution in [0.1, 0.15) is 11.7 Å². The standard InChI is InChI=1S/C10H14N2O2S2/c13-9(7-1-2-15-4-7)3-11-10(14)8-5-16-6-12-8/h1-2,4,8-9,12-13H,3,5-6H2,(H,11,14)/t8-,9?/m1/s1. The van der Waals surface area contributed by atoms with E-state index in [1.165, 1.54) is 11.3 Å². The summed E-state index contributed by atoms with van der Waals surface area (Å²) in [4.78, 5) is 11.6. The van der Waals surface area contributed by atoms with E-state index in [9.17, 15) is 9.90 Å². The molecule has 1 fully saturated rings. The molecule has 6 heteroatoms. The van der Waals surface area contributed by atoms with Crippen molar-refractivity contribution in [2.45, 2.75) is 12.1 Å². The lowest BCUT2D eigenvalue weighted by Gasteiger charge is -2.13. The number of thiophene rings is 1. The van der Waals surface area contributed by atoms with Gasteiger partial charge in [-0.3, -0.25) is 10.1 Å². The fourth-order valence-corrected chi connectivity index (χ4v) is 3.12. The summed E-state index contributed by atoms with van der Waals surface area (Å²) in [5.41, 5.74) is 0.860. The van der Waals surface area contributed by atoms with E-state index in [0.717, 1.165) is 17.2 Å². The lowest BCUT2D eigenvalue weighted by Crippen LogP contribution is -2.43. The molecule has 0 saturated carbocycles. The van der Waals surface area contributed by atoms with Crippen molar-refractivity contribution >= 4 is 29.0 Å². The van der Waals surface area contributed by atoms with Crippen LogP contribution < -0.4 is 10.6 Å². The number of rotatable bonds is 4. The molecular weight excluding hydrogens is 244 g/mol. The SMILES string of the molecule is O=C(NCC(O)c1ccsc1)[C@H]1CSCN1. The Kier molecular flexibility index (Phi) is 4.22. The van der Waals surface area contributed by atoms with Crippen LogP contribution in [0.5, 0.6) is 0 Å². The number of amides is 1. The second kappa shape index (κ2) is 5.67. The van der Waals surface area contributed by atoms with Crippen molar-refractivity contribution in [3.8, 4) is 0 Å². The molecule has 1 aliphatic rings. The Labute approximate surface area is 102 Å². The average molecular weight is 258 g/mol. The van der Waals surface area contributed by atoms with Crippen molar-refractivity contribution in [3.05, 3.63) is 22.4 Å². The number of carbonyl (C=O) groups excluding carboxylic acids is 1. The van der Waals surface area contributed by atoms with Crippen molar-refractivity contribution in [1.29, 1.82) is 0 Å². The average Bonchev–Trinajstić information content (AvgIpc) is 2.95. The number of hydrogen-bond donors (Lipinski definition) is 3. The third kappa shape index (κ3) is 2.98. The largest absolute Gasteiger partial charge is 0.387 e. The van der Waals surface area contributed by atoms with Gasteiger partial charge in [-0.1, -0.05) is 0 Å². The predicted molar refractivity (Wildman–Crippen MR) is 66.5 cm³/mol. The van der Waals surface area contributed by atoms with Crippen molar-refractivity contribution in [1.82, 2.24) is 10.6 Å². The van der Waals surface area contributed by atoms with Crippen LogP contribution in [0.2, 0.25) is 0 Å². The molecule has 0 aromatic carbocycles. The van der Waals surface area contributed by atoms with Gasteiger partial charge >= 0.3 is 0 Å². The Morgan fingerprint density at radius 3 is 3.25 bits per heavy atom. The van der Waals surface area contributed by atoms with Crippen LogP contribution in [0.15, 0.2) is 16.8 Å². The van der Waals surface area contributed by atoms with E-state index in [1.807, 2.05) is 16.8 Å². The third-order valence-corrected chi connectivity index (χ3v) is 4.07. The molecule has 1 aliphatic heterocycles. The van der Waals surface area contributed by atoms with Gasteiger partial charge in [0.15, 0.2) is 0 Å². The summed E-state index contributed by atoms with van der Waals surface area (Å²) in [6.07, 6.45) is -0.607. The first-order valence-electron chi connectivity index (χ1n) is 5.06. The molecule has 16 heavy (non-hydrogen) atoms. The quantitative estimate of drug-likeness (QED) is 0.738. The van der Waals surface area contributed by atoms with E-state index >= 15 is 0 Å². The van der Waals surface area contributed by atoms with Crippen molar-refractivity contribution in [2.75, 3.05) is 18.2 Å². The van der Waals surface area contributed by atoms with Gasteiger partial charge in [-0.05, 0) is 22.4 Å². The second-order valence-corrected chi connectivity index (χ2v) is 5.40. The normalized spacial score (nSPS) is 21.9. The Hall–Kier alpha value is -0.560. The molecule has 3 N–H and O–H groups in total. The van der Waals surface area contributed by atoms with E-state index in [4.69, 9.17) is 0 Å². The Bertz CT molecular complexity index is 337. The number of aliphatic hydroxyl groups is 1. The number of thioether (sulfide) groups is 1. The van der Waals surface area contributed by atoms with E-state index in [-0.39, 0.29) is 18.5 Å². The summed E-state index contributed by atoms with van der Waals surface area (Å²) in [5.74, 6) is 1.60. The monoisotopic (exact) mass is 258 g/mol. The number of aliphatic hydroxyl groups excluding tert-OH is 1. The molecule has 2 rings (SSSR count).